The standard InChI is InChI=1S/C34H41NO4/c1-5-7-9-10-22-35(24-26-14-21-31-30(23-26)33(37)39-34(3,4)38-31)32(36)29-19-17-28(18-20-29)27-15-12-25(13-16-27)11-8-6-2/h12-21,23H,5-11,22,24H2,1-4H3. The van der Waals surface area contributed by atoms with Crippen LogP contribution in [0.1, 0.15) is 98.1 Å². The number of cyclic esters (lactones) is 1. The Balaban J connectivity index is 1.50. The fourth-order valence-electron chi connectivity index (χ4n) is 4.92. The largest absolute Gasteiger partial charge is 0.452 e. The van der Waals surface area contributed by atoms with E-state index < -0.39 is 11.8 Å². The Bertz CT molecular complexity index is 1260. The number of rotatable bonds is 12. The van der Waals surface area contributed by atoms with E-state index in [4.69, 9.17) is 9.47 Å². The van der Waals surface area contributed by atoms with Gasteiger partial charge in [0.05, 0.1) is 0 Å². The lowest BCUT2D eigenvalue weighted by atomic mass is 10.0. The molecule has 1 amide bonds. The van der Waals surface area contributed by atoms with E-state index in [1.165, 1.54) is 18.4 Å². The average Bonchev–Trinajstić information content (AvgIpc) is 2.93. The summed E-state index contributed by atoms with van der Waals surface area (Å²) in [5.41, 5.74) is 5.54. The summed E-state index contributed by atoms with van der Waals surface area (Å²) < 4.78 is 11.2. The number of nitrogens with zero attached hydrogens (tertiary/aromatic N) is 1. The van der Waals surface area contributed by atoms with Crippen molar-refractivity contribution < 1.29 is 19.1 Å². The molecule has 0 fully saturated rings. The van der Waals surface area contributed by atoms with E-state index in [0.29, 0.717) is 30.0 Å². The summed E-state index contributed by atoms with van der Waals surface area (Å²) in [6, 6.07) is 22.1. The molecular formula is C34H41NO4. The Morgan fingerprint density at radius 2 is 1.41 bits per heavy atom. The number of amides is 1. The van der Waals surface area contributed by atoms with Crippen LogP contribution in [0.15, 0.2) is 66.7 Å². The van der Waals surface area contributed by atoms with Crippen LogP contribution in [-0.2, 0) is 17.7 Å². The Morgan fingerprint density at radius 3 is 2.08 bits per heavy atom. The van der Waals surface area contributed by atoms with Gasteiger partial charge in [0.25, 0.3) is 5.91 Å². The van der Waals surface area contributed by atoms with Crippen LogP contribution in [0.4, 0.5) is 0 Å². The lowest BCUT2D eigenvalue weighted by Crippen LogP contribution is -2.39. The van der Waals surface area contributed by atoms with E-state index in [1.807, 2.05) is 35.2 Å². The van der Waals surface area contributed by atoms with Gasteiger partial charge in [-0.15, -0.1) is 0 Å². The molecule has 3 aromatic rings. The summed E-state index contributed by atoms with van der Waals surface area (Å²) in [5, 5.41) is 0. The molecular weight excluding hydrogens is 486 g/mol. The second kappa shape index (κ2) is 13.0. The van der Waals surface area contributed by atoms with Crippen LogP contribution >= 0.6 is 0 Å². The van der Waals surface area contributed by atoms with Crippen LogP contribution in [0.5, 0.6) is 5.75 Å². The van der Waals surface area contributed by atoms with Gasteiger partial charge < -0.3 is 14.4 Å². The van der Waals surface area contributed by atoms with E-state index >= 15 is 0 Å². The molecule has 0 radical (unpaired) electrons. The number of benzene rings is 3. The molecule has 5 nitrogen and oxygen atoms in total. The van der Waals surface area contributed by atoms with Gasteiger partial charge in [-0.25, -0.2) is 4.79 Å². The highest BCUT2D eigenvalue weighted by molar-refractivity contribution is 5.95. The molecule has 1 heterocycles. The second-order valence-electron chi connectivity index (χ2n) is 10.9. The van der Waals surface area contributed by atoms with Gasteiger partial charge in [-0.1, -0.05) is 82.0 Å². The maximum absolute atomic E-state index is 13.7. The molecule has 0 spiro atoms. The number of aryl methyl sites for hydroxylation is 1. The number of esters is 1. The first-order valence-corrected chi connectivity index (χ1v) is 14.3. The predicted octanol–water partition coefficient (Wildman–Crippen LogP) is 8.20. The third-order valence-corrected chi connectivity index (χ3v) is 7.14. The quantitative estimate of drug-likeness (QED) is 0.176. The average molecular weight is 528 g/mol. The molecule has 0 unspecified atom stereocenters. The predicted molar refractivity (Wildman–Crippen MR) is 156 cm³/mol. The number of fused-ring (bicyclic) bond motifs is 1. The van der Waals surface area contributed by atoms with Crippen LogP contribution in [0.25, 0.3) is 11.1 Å². The van der Waals surface area contributed by atoms with Crippen molar-refractivity contribution in [3.63, 3.8) is 0 Å². The highest BCUT2D eigenvalue weighted by Crippen LogP contribution is 2.32. The molecule has 0 aromatic heterocycles. The van der Waals surface area contributed by atoms with Gasteiger partial charge in [-0.3, -0.25) is 4.79 Å². The number of carbonyl (C=O) groups is 2. The maximum Gasteiger partial charge on any atom is 0.345 e. The Labute approximate surface area is 233 Å². The van der Waals surface area contributed by atoms with Crippen molar-refractivity contribution in [1.82, 2.24) is 4.90 Å². The number of hydrogen-bond acceptors (Lipinski definition) is 4. The molecule has 0 atom stereocenters. The monoisotopic (exact) mass is 527 g/mol. The smallest absolute Gasteiger partial charge is 0.345 e. The van der Waals surface area contributed by atoms with Gasteiger partial charge in [0.1, 0.15) is 11.3 Å². The van der Waals surface area contributed by atoms with Gasteiger partial charge in [0.2, 0.25) is 5.79 Å². The van der Waals surface area contributed by atoms with Gasteiger partial charge in [-0.2, -0.15) is 0 Å². The fraction of sp³-hybridized carbons (Fsp3) is 0.412. The molecule has 0 saturated carbocycles. The number of ether oxygens (including phenoxy) is 2. The minimum absolute atomic E-state index is 0.00866. The summed E-state index contributed by atoms with van der Waals surface area (Å²) in [7, 11) is 0. The first-order valence-electron chi connectivity index (χ1n) is 14.3. The van der Waals surface area contributed by atoms with E-state index in [-0.39, 0.29) is 5.91 Å². The van der Waals surface area contributed by atoms with Crippen LogP contribution in [0.3, 0.4) is 0 Å². The van der Waals surface area contributed by atoms with Crippen LogP contribution in [-0.4, -0.2) is 29.1 Å². The first-order chi connectivity index (χ1) is 18.8. The summed E-state index contributed by atoms with van der Waals surface area (Å²) in [6.07, 6.45) is 7.79. The van der Waals surface area contributed by atoms with E-state index in [9.17, 15) is 9.59 Å². The molecule has 39 heavy (non-hydrogen) atoms. The Morgan fingerprint density at radius 1 is 0.769 bits per heavy atom. The molecule has 206 valence electrons. The van der Waals surface area contributed by atoms with Crippen molar-refractivity contribution in [3.05, 3.63) is 89.0 Å². The SMILES string of the molecule is CCCCCCN(Cc1ccc2c(c1)C(=O)OC(C)(C)O2)C(=O)c1ccc(-c2ccc(CCCC)cc2)cc1. The minimum atomic E-state index is -0.990. The molecule has 0 aliphatic carbocycles. The number of hydrogen-bond donors (Lipinski definition) is 0. The zero-order chi connectivity index (χ0) is 27.8. The number of carbonyl (C=O) groups excluding carboxylic acids is 2. The molecule has 1 aliphatic heterocycles. The lowest BCUT2D eigenvalue weighted by Gasteiger charge is -2.32. The van der Waals surface area contributed by atoms with Crippen molar-refractivity contribution in [2.24, 2.45) is 0 Å². The highest BCUT2D eigenvalue weighted by Gasteiger charge is 2.34. The summed E-state index contributed by atoms with van der Waals surface area (Å²) >= 11 is 0. The fourth-order valence-corrected chi connectivity index (χ4v) is 4.92. The second-order valence-corrected chi connectivity index (χ2v) is 10.9. The minimum Gasteiger partial charge on any atom is -0.452 e. The first kappa shape index (κ1) is 28.4. The Kier molecular flexibility index (Phi) is 9.45. The summed E-state index contributed by atoms with van der Waals surface area (Å²) in [5.74, 6) is -0.894. The topological polar surface area (TPSA) is 55.8 Å². The zero-order valence-electron chi connectivity index (χ0n) is 23.8. The molecule has 1 aliphatic rings. The Hall–Kier alpha value is -3.60. The van der Waals surface area contributed by atoms with Crippen LogP contribution in [0.2, 0.25) is 0 Å². The summed E-state index contributed by atoms with van der Waals surface area (Å²) in [6.45, 7) is 8.89. The number of unbranched alkanes of at least 4 members (excludes halogenated alkanes) is 4. The van der Waals surface area contributed by atoms with Crippen molar-refractivity contribution in [2.45, 2.75) is 85.0 Å². The van der Waals surface area contributed by atoms with Gasteiger partial charge in [0, 0.05) is 32.5 Å². The van der Waals surface area contributed by atoms with Crippen molar-refractivity contribution in [1.29, 1.82) is 0 Å². The van der Waals surface area contributed by atoms with Crippen LogP contribution in [0, 0.1) is 0 Å². The molecule has 0 N–H and O–H groups in total. The zero-order valence-corrected chi connectivity index (χ0v) is 23.8. The van der Waals surface area contributed by atoms with Crippen molar-refractivity contribution in [3.8, 4) is 16.9 Å². The lowest BCUT2D eigenvalue weighted by molar-refractivity contribution is -0.127. The molecule has 0 bridgehead atoms. The third kappa shape index (κ3) is 7.50. The van der Waals surface area contributed by atoms with E-state index in [0.717, 1.165) is 48.8 Å². The maximum atomic E-state index is 13.7. The molecule has 4 rings (SSSR count). The normalized spacial score (nSPS) is 13.8. The van der Waals surface area contributed by atoms with Crippen LogP contribution < -0.4 is 4.74 Å². The van der Waals surface area contributed by atoms with Gasteiger partial charge in [-0.05, 0) is 65.8 Å². The molecule has 0 saturated heterocycles. The van der Waals surface area contributed by atoms with E-state index in [2.05, 4.69) is 38.1 Å². The van der Waals surface area contributed by atoms with Crippen molar-refractivity contribution >= 4 is 11.9 Å². The van der Waals surface area contributed by atoms with Crippen molar-refractivity contribution in [2.75, 3.05) is 6.54 Å². The highest BCUT2D eigenvalue weighted by atomic mass is 16.7. The van der Waals surface area contributed by atoms with Gasteiger partial charge in [0.15, 0.2) is 0 Å². The van der Waals surface area contributed by atoms with Gasteiger partial charge >= 0.3 is 5.97 Å². The third-order valence-electron chi connectivity index (χ3n) is 7.14. The molecule has 3 aromatic carbocycles. The molecule has 5 heteroatoms. The van der Waals surface area contributed by atoms with E-state index in [1.54, 1.807) is 26.0 Å². The summed E-state index contributed by atoms with van der Waals surface area (Å²) in [4.78, 5) is 28.1.